The number of fused-ring (bicyclic) bond motifs is 1. The molecule has 2 aromatic rings. The van der Waals surface area contributed by atoms with Gasteiger partial charge in [0.1, 0.15) is 5.75 Å². The van der Waals surface area contributed by atoms with Crippen molar-refractivity contribution in [2.75, 3.05) is 0 Å². The fraction of sp³-hybridized carbons (Fsp3) is 0. The average molecular weight is 178 g/mol. The quantitative estimate of drug-likeness (QED) is 0.675. The van der Waals surface area contributed by atoms with E-state index in [1.54, 1.807) is 0 Å². The average Bonchev–Trinajstić information content (AvgIpc) is 2.46. The van der Waals surface area contributed by atoms with E-state index >= 15 is 0 Å². The SMILES string of the molecule is O=C(O)c1ncc2cc(O)ccn12. The Bertz CT molecular complexity index is 475. The number of carbonyl (C=O) groups is 1. The lowest BCUT2D eigenvalue weighted by Gasteiger charge is -1.96. The first-order valence-corrected chi connectivity index (χ1v) is 3.58. The maximum absolute atomic E-state index is 10.6. The second-order valence-corrected chi connectivity index (χ2v) is 2.57. The monoisotopic (exact) mass is 178 g/mol. The van der Waals surface area contributed by atoms with Crippen LogP contribution in [0.2, 0.25) is 0 Å². The van der Waals surface area contributed by atoms with Crippen molar-refractivity contribution in [3.8, 4) is 5.75 Å². The molecule has 2 aromatic heterocycles. The number of hydrogen-bond donors (Lipinski definition) is 2. The van der Waals surface area contributed by atoms with Crippen molar-refractivity contribution in [3.63, 3.8) is 0 Å². The van der Waals surface area contributed by atoms with Crippen LogP contribution in [-0.4, -0.2) is 25.6 Å². The molecule has 0 aliphatic carbocycles. The van der Waals surface area contributed by atoms with Crippen LogP contribution in [0.25, 0.3) is 5.52 Å². The molecule has 0 spiro atoms. The fourth-order valence-electron chi connectivity index (χ4n) is 1.15. The van der Waals surface area contributed by atoms with Crippen LogP contribution < -0.4 is 0 Å². The topological polar surface area (TPSA) is 74.8 Å². The summed E-state index contributed by atoms with van der Waals surface area (Å²) < 4.78 is 1.39. The second kappa shape index (κ2) is 2.48. The predicted molar refractivity (Wildman–Crippen MR) is 43.8 cm³/mol. The number of aromatic carboxylic acids is 1. The molecule has 0 radical (unpaired) electrons. The lowest BCUT2D eigenvalue weighted by molar-refractivity contribution is 0.0683. The van der Waals surface area contributed by atoms with Gasteiger partial charge in [0.2, 0.25) is 5.82 Å². The largest absolute Gasteiger partial charge is 0.508 e. The van der Waals surface area contributed by atoms with Crippen molar-refractivity contribution in [2.24, 2.45) is 0 Å². The van der Waals surface area contributed by atoms with Gasteiger partial charge in [0, 0.05) is 12.3 Å². The first-order chi connectivity index (χ1) is 6.18. The van der Waals surface area contributed by atoms with E-state index < -0.39 is 5.97 Å². The highest BCUT2D eigenvalue weighted by Crippen LogP contribution is 2.13. The standard InChI is InChI=1S/C8H6N2O3/c11-6-1-2-10-5(3-6)4-9-7(10)8(12)13/h1-4,11H,(H,12,13). The highest BCUT2D eigenvalue weighted by molar-refractivity contribution is 5.85. The molecule has 66 valence electrons. The predicted octanol–water partition coefficient (Wildman–Crippen LogP) is 0.738. The molecule has 2 heterocycles. The van der Waals surface area contributed by atoms with E-state index in [0.29, 0.717) is 5.52 Å². The lowest BCUT2D eigenvalue weighted by Crippen LogP contribution is -2.02. The van der Waals surface area contributed by atoms with Crippen LogP contribution in [0.3, 0.4) is 0 Å². The maximum atomic E-state index is 10.6. The number of aromatic nitrogens is 2. The van der Waals surface area contributed by atoms with Gasteiger partial charge < -0.3 is 10.2 Å². The number of imidazole rings is 1. The summed E-state index contributed by atoms with van der Waals surface area (Å²) >= 11 is 0. The third kappa shape index (κ3) is 1.10. The van der Waals surface area contributed by atoms with Crippen LogP contribution in [0.1, 0.15) is 10.6 Å². The van der Waals surface area contributed by atoms with Gasteiger partial charge in [-0.3, -0.25) is 4.40 Å². The summed E-state index contributed by atoms with van der Waals surface area (Å²) in [4.78, 5) is 14.3. The summed E-state index contributed by atoms with van der Waals surface area (Å²) in [7, 11) is 0. The zero-order valence-electron chi connectivity index (χ0n) is 6.51. The van der Waals surface area contributed by atoms with Crippen molar-refractivity contribution in [3.05, 3.63) is 30.4 Å². The van der Waals surface area contributed by atoms with E-state index in [0.717, 1.165) is 0 Å². The Morgan fingerprint density at radius 1 is 1.54 bits per heavy atom. The highest BCUT2D eigenvalue weighted by Gasteiger charge is 2.10. The molecule has 5 heteroatoms. The molecular formula is C8H6N2O3. The fourth-order valence-corrected chi connectivity index (χ4v) is 1.15. The summed E-state index contributed by atoms with van der Waals surface area (Å²) in [6.45, 7) is 0. The smallest absolute Gasteiger partial charge is 0.372 e. The molecule has 0 saturated carbocycles. The number of carboxylic acids is 1. The molecule has 0 saturated heterocycles. The van der Waals surface area contributed by atoms with Crippen molar-refractivity contribution in [1.82, 2.24) is 9.38 Å². The molecule has 0 unspecified atom stereocenters. The van der Waals surface area contributed by atoms with Gasteiger partial charge in [-0.2, -0.15) is 0 Å². The van der Waals surface area contributed by atoms with Gasteiger partial charge in [0.25, 0.3) is 0 Å². The van der Waals surface area contributed by atoms with E-state index in [9.17, 15) is 4.79 Å². The van der Waals surface area contributed by atoms with Gasteiger partial charge in [-0.05, 0) is 6.07 Å². The van der Waals surface area contributed by atoms with E-state index in [1.807, 2.05) is 0 Å². The van der Waals surface area contributed by atoms with Crippen molar-refractivity contribution >= 4 is 11.5 Å². The van der Waals surface area contributed by atoms with Crippen LogP contribution >= 0.6 is 0 Å². The summed E-state index contributed by atoms with van der Waals surface area (Å²) in [6, 6.07) is 2.85. The first-order valence-electron chi connectivity index (χ1n) is 3.58. The third-order valence-electron chi connectivity index (χ3n) is 1.71. The van der Waals surface area contributed by atoms with E-state index in [1.165, 1.54) is 28.9 Å². The van der Waals surface area contributed by atoms with Crippen LogP contribution in [-0.2, 0) is 0 Å². The molecule has 5 nitrogen and oxygen atoms in total. The van der Waals surface area contributed by atoms with Crippen molar-refractivity contribution in [2.45, 2.75) is 0 Å². The Labute approximate surface area is 72.9 Å². The molecule has 2 rings (SSSR count). The number of hydrogen-bond acceptors (Lipinski definition) is 3. The minimum absolute atomic E-state index is 0.0602. The van der Waals surface area contributed by atoms with Crippen LogP contribution in [0.4, 0.5) is 0 Å². The molecule has 2 N–H and O–H groups in total. The molecule has 0 aliphatic rings. The van der Waals surface area contributed by atoms with Crippen molar-refractivity contribution in [1.29, 1.82) is 0 Å². The van der Waals surface area contributed by atoms with Crippen molar-refractivity contribution < 1.29 is 15.0 Å². The van der Waals surface area contributed by atoms with E-state index in [2.05, 4.69) is 4.98 Å². The van der Waals surface area contributed by atoms with E-state index in [-0.39, 0.29) is 11.6 Å². The van der Waals surface area contributed by atoms with Gasteiger partial charge in [-0.15, -0.1) is 0 Å². The molecule has 0 fully saturated rings. The molecule has 0 atom stereocenters. The summed E-state index contributed by atoms with van der Waals surface area (Å²) in [5, 5.41) is 17.8. The van der Waals surface area contributed by atoms with Gasteiger partial charge in [0.15, 0.2) is 0 Å². The summed E-state index contributed by atoms with van der Waals surface area (Å²) in [5.74, 6) is -1.06. The second-order valence-electron chi connectivity index (χ2n) is 2.57. The van der Waals surface area contributed by atoms with E-state index in [4.69, 9.17) is 10.2 Å². The summed E-state index contributed by atoms with van der Waals surface area (Å²) in [5.41, 5.74) is 0.553. The van der Waals surface area contributed by atoms with Gasteiger partial charge in [-0.1, -0.05) is 0 Å². The Balaban J connectivity index is 2.76. The number of pyridine rings is 1. The minimum atomic E-state index is -1.09. The van der Waals surface area contributed by atoms with Gasteiger partial charge in [-0.25, -0.2) is 9.78 Å². The lowest BCUT2D eigenvalue weighted by atomic mass is 10.4. The molecule has 0 amide bonds. The summed E-state index contributed by atoms with van der Waals surface area (Å²) in [6.07, 6.45) is 2.85. The normalized spacial score (nSPS) is 10.5. The Hall–Kier alpha value is -2.04. The highest BCUT2D eigenvalue weighted by atomic mass is 16.4. The molecular weight excluding hydrogens is 172 g/mol. The molecule has 0 aliphatic heterocycles. The molecule has 0 bridgehead atoms. The Morgan fingerprint density at radius 2 is 2.31 bits per heavy atom. The van der Waals surface area contributed by atoms with Gasteiger partial charge >= 0.3 is 5.97 Å². The Morgan fingerprint density at radius 3 is 3.00 bits per heavy atom. The zero-order chi connectivity index (χ0) is 9.42. The minimum Gasteiger partial charge on any atom is -0.508 e. The van der Waals surface area contributed by atoms with Gasteiger partial charge in [0.05, 0.1) is 11.7 Å². The number of aromatic hydroxyl groups is 1. The Kier molecular flexibility index (Phi) is 1.45. The molecule has 0 aromatic carbocycles. The number of nitrogens with zero attached hydrogens (tertiary/aromatic N) is 2. The zero-order valence-corrected chi connectivity index (χ0v) is 6.51. The molecule has 13 heavy (non-hydrogen) atoms. The third-order valence-corrected chi connectivity index (χ3v) is 1.71. The van der Waals surface area contributed by atoms with Crippen LogP contribution in [0.5, 0.6) is 5.75 Å². The van der Waals surface area contributed by atoms with Crippen LogP contribution in [0, 0.1) is 0 Å². The first kappa shape index (κ1) is 7.60. The number of carboxylic acid groups (broad SMARTS) is 1. The maximum Gasteiger partial charge on any atom is 0.372 e. The number of rotatable bonds is 1. The van der Waals surface area contributed by atoms with Crippen LogP contribution in [0.15, 0.2) is 24.5 Å².